The number of fused-ring (bicyclic) bond motifs is 1. The van der Waals surface area contributed by atoms with Crippen molar-refractivity contribution in [3.8, 4) is 0 Å². The largest absolute Gasteiger partial charge is 0.466 e. The first-order chi connectivity index (χ1) is 13.9. The highest BCUT2D eigenvalue weighted by Gasteiger charge is 2.27. The number of pyridine rings is 2. The molecule has 1 amide bonds. The molecular formula is C22H29N3O4. The molecule has 2 aromatic rings. The first-order valence-electron chi connectivity index (χ1n) is 10.4. The van der Waals surface area contributed by atoms with Gasteiger partial charge in [-0.05, 0) is 64.5 Å². The summed E-state index contributed by atoms with van der Waals surface area (Å²) in [4.78, 5) is 41.8. The van der Waals surface area contributed by atoms with Gasteiger partial charge in [0.05, 0.1) is 17.9 Å². The summed E-state index contributed by atoms with van der Waals surface area (Å²) in [5.41, 5.74) is 1.28. The van der Waals surface area contributed by atoms with Gasteiger partial charge in [0.1, 0.15) is 11.2 Å². The van der Waals surface area contributed by atoms with Crippen molar-refractivity contribution in [2.75, 3.05) is 13.2 Å². The van der Waals surface area contributed by atoms with Gasteiger partial charge in [0.15, 0.2) is 0 Å². The Morgan fingerprint density at radius 2 is 1.93 bits per heavy atom. The SMILES string of the molecule is CCOC(=O)C1CCC(CNC(=O)c2cn(CC)c3nc(C)ccc3c2=O)CC1. The van der Waals surface area contributed by atoms with Gasteiger partial charge in [-0.15, -0.1) is 0 Å². The molecule has 2 aromatic heterocycles. The molecule has 0 aromatic carbocycles. The lowest BCUT2D eigenvalue weighted by atomic mass is 9.82. The molecule has 0 saturated heterocycles. The Balaban J connectivity index is 1.67. The highest BCUT2D eigenvalue weighted by Crippen LogP contribution is 2.29. The number of rotatable bonds is 6. The summed E-state index contributed by atoms with van der Waals surface area (Å²) < 4.78 is 6.94. The maximum atomic E-state index is 12.8. The molecule has 7 heteroatoms. The molecule has 1 N–H and O–H groups in total. The summed E-state index contributed by atoms with van der Waals surface area (Å²) >= 11 is 0. The lowest BCUT2D eigenvalue weighted by Crippen LogP contribution is -2.35. The fraction of sp³-hybridized carbons (Fsp3) is 0.545. The highest BCUT2D eigenvalue weighted by atomic mass is 16.5. The molecular weight excluding hydrogens is 370 g/mol. The zero-order chi connectivity index (χ0) is 21.0. The lowest BCUT2D eigenvalue weighted by Gasteiger charge is -2.27. The number of carbonyl (C=O) groups excluding carboxylic acids is 2. The molecule has 156 valence electrons. The molecule has 7 nitrogen and oxygen atoms in total. The second-order valence-electron chi connectivity index (χ2n) is 7.66. The number of aryl methyl sites for hydroxylation is 2. The van der Waals surface area contributed by atoms with Crippen LogP contribution in [-0.2, 0) is 16.1 Å². The maximum absolute atomic E-state index is 12.8. The molecule has 29 heavy (non-hydrogen) atoms. The van der Waals surface area contributed by atoms with Crippen LogP contribution in [0.15, 0.2) is 23.1 Å². The Bertz CT molecular complexity index is 958. The zero-order valence-electron chi connectivity index (χ0n) is 17.4. The minimum absolute atomic E-state index is 0.0323. The zero-order valence-corrected chi connectivity index (χ0v) is 17.4. The van der Waals surface area contributed by atoms with Gasteiger partial charge >= 0.3 is 5.97 Å². The quantitative estimate of drug-likeness (QED) is 0.755. The summed E-state index contributed by atoms with van der Waals surface area (Å²) in [7, 11) is 0. The van der Waals surface area contributed by atoms with E-state index >= 15 is 0 Å². The number of amides is 1. The third kappa shape index (κ3) is 4.66. The summed E-state index contributed by atoms with van der Waals surface area (Å²) in [5, 5.41) is 3.38. The molecule has 1 aliphatic rings. The van der Waals surface area contributed by atoms with Crippen molar-refractivity contribution in [1.29, 1.82) is 0 Å². The van der Waals surface area contributed by atoms with Crippen LogP contribution >= 0.6 is 0 Å². The topological polar surface area (TPSA) is 90.3 Å². The first kappa shape index (κ1) is 21.0. The number of hydrogen-bond acceptors (Lipinski definition) is 5. The number of nitrogens with zero attached hydrogens (tertiary/aromatic N) is 2. The second kappa shape index (κ2) is 9.20. The van der Waals surface area contributed by atoms with Gasteiger partial charge in [0.25, 0.3) is 5.91 Å². The number of carbonyl (C=O) groups is 2. The van der Waals surface area contributed by atoms with Gasteiger partial charge in [0, 0.05) is 25.0 Å². The van der Waals surface area contributed by atoms with E-state index in [0.717, 1.165) is 31.4 Å². The van der Waals surface area contributed by atoms with Crippen molar-refractivity contribution in [2.24, 2.45) is 11.8 Å². The molecule has 0 spiro atoms. The van der Waals surface area contributed by atoms with Crippen LogP contribution < -0.4 is 10.7 Å². The normalized spacial score (nSPS) is 19.1. The standard InChI is InChI=1S/C22H29N3O4/c1-4-25-13-18(19(26)17-11-6-14(3)24-20(17)25)21(27)23-12-15-7-9-16(10-8-15)22(28)29-5-2/h6,11,13,15-16H,4-5,7-10,12H2,1-3H3,(H,23,27). The maximum Gasteiger partial charge on any atom is 0.308 e. The first-order valence-corrected chi connectivity index (χ1v) is 10.4. The van der Waals surface area contributed by atoms with E-state index in [9.17, 15) is 14.4 Å². The smallest absolute Gasteiger partial charge is 0.308 e. The molecule has 0 unspecified atom stereocenters. The average Bonchev–Trinajstić information content (AvgIpc) is 2.72. The molecule has 1 fully saturated rings. The van der Waals surface area contributed by atoms with Crippen molar-refractivity contribution in [1.82, 2.24) is 14.9 Å². The van der Waals surface area contributed by atoms with Crippen molar-refractivity contribution in [3.63, 3.8) is 0 Å². The van der Waals surface area contributed by atoms with E-state index in [2.05, 4.69) is 10.3 Å². The van der Waals surface area contributed by atoms with E-state index in [1.165, 1.54) is 0 Å². The van der Waals surface area contributed by atoms with E-state index in [1.807, 2.05) is 25.3 Å². The van der Waals surface area contributed by atoms with Crippen molar-refractivity contribution in [3.05, 3.63) is 39.8 Å². The average molecular weight is 399 g/mol. The van der Waals surface area contributed by atoms with Crippen LogP contribution in [0.3, 0.4) is 0 Å². The van der Waals surface area contributed by atoms with E-state index in [1.54, 1.807) is 18.3 Å². The summed E-state index contributed by atoms with van der Waals surface area (Å²) in [5.74, 6) is -0.194. The van der Waals surface area contributed by atoms with Gasteiger partial charge in [0.2, 0.25) is 5.43 Å². The fourth-order valence-corrected chi connectivity index (χ4v) is 3.96. The minimum Gasteiger partial charge on any atom is -0.466 e. The molecule has 3 rings (SSSR count). The fourth-order valence-electron chi connectivity index (χ4n) is 3.96. The Labute approximate surface area is 170 Å². The lowest BCUT2D eigenvalue weighted by molar-refractivity contribution is -0.149. The van der Waals surface area contributed by atoms with Gasteiger partial charge < -0.3 is 14.6 Å². The monoisotopic (exact) mass is 399 g/mol. The predicted molar refractivity (Wildman–Crippen MR) is 111 cm³/mol. The van der Waals surface area contributed by atoms with Gasteiger partial charge in [-0.2, -0.15) is 0 Å². The third-order valence-electron chi connectivity index (χ3n) is 5.66. The van der Waals surface area contributed by atoms with Gasteiger partial charge in [-0.3, -0.25) is 14.4 Å². The van der Waals surface area contributed by atoms with Crippen LogP contribution in [0.2, 0.25) is 0 Å². The Morgan fingerprint density at radius 3 is 2.59 bits per heavy atom. The molecule has 0 atom stereocenters. The predicted octanol–water partition coefficient (Wildman–Crippen LogP) is 2.82. The highest BCUT2D eigenvalue weighted by molar-refractivity contribution is 5.96. The van der Waals surface area contributed by atoms with E-state index in [4.69, 9.17) is 4.74 Å². The molecule has 1 aliphatic carbocycles. The van der Waals surface area contributed by atoms with E-state index in [-0.39, 0.29) is 28.8 Å². The van der Waals surface area contributed by atoms with Crippen LogP contribution in [0, 0.1) is 18.8 Å². The Hall–Kier alpha value is -2.70. The van der Waals surface area contributed by atoms with Crippen LogP contribution in [0.1, 0.15) is 55.6 Å². The van der Waals surface area contributed by atoms with Gasteiger partial charge in [-0.25, -0.2) is 4.98 Å². The molecule has 0 radical (unpaired) electrons. The van der Waals surface area contributed by atoms with Crippen LogP contribution in [0.5, 0.6) is 0 Å². The minimum atomic E-state index is -0.354. The number of ether oxygens (including phenoxy) is 1. The Morgan fingerprint density at radius 1 is 1.21 bits per heavy atom. The number of esters is 1. The number of aromatic nitrogens is 2. The summed E-state index contributed by atoms with van der Waals surface area (Å²) in [6, 6.07) is 3.52. The van der Waals surface area contributed by atoms with Crippen molar-refractivity contribution in [2.45, 2.75) is 53.0 Å². The van der Waals surface area contributed by atoms with Crippen LogP contribution in [0.25, 0.3) is 11.0 Å². The van der Waals surface area contributed by atoms with E-state index < -0.39 is 0 Å². The van der Waals surface area contributed by atoms with Crippen molar-refractivity contribution < 1.29 is 14.3 Å². The number of nitrogens with one attached hydrogen (secondary N) is 1. The third-order valence-corrected chi connectivity index (χ3v) is 5.66. The molecule has 1 saturated carbocycles. The van der Waals surface area contributed by atoms with Gasteiger partial charge in [-0.1, -0.05) is 0 Å². The van der Waals surface area contributed by atoms with Crippen molar-refractivity contribution >= 4 is 22.9 Å². The second-order valence-corrected chi connectivity index (χ2v) is 7.66. The summed E-state index contributed by atoms with van der Waals surface area (Å²) in [6.45, 7) is 7.18. The molecule has 2 heterocycles. The number of hydrogen-bond donors (Lipinski definition) is 1. The van der Waals surface area contributed by atoms with Crippen LogP contribution in [0.4, 0.5) is 0 Å². The Kier molecular flexibility index (Phi) is 6.67. The summed E-state index contributed by atoms with van der Waals surface area (Å²) in [6.07, 6.45) is 4.89. The van der Waals surface area contributed by atoms with Crippen LogP contribution in [-0.4, -0.2) is 34.6 Å². The molecule has 0 bridgehead atoms. The molecule has 0 aliphatic heterocycles. The van der Waals surface area contributed by atoms with E-state index in [0.29, 0.717) is 36.6 Å².